The molecule has 2 fully saturated rings. The molecule has 2 aromatic carbocycles. The van der Waals surface area contributed by atoms with E-state index in [9.17, 15) is 0 Å². The van der Waals surface area contributed by atoms with Gasteiger partial charge in [0.15, 0.2) is 0 Å². The first-order valence-electron chi connectivity index (χ1n) is 9.88. The lowest BCUT2D eigenvalue weighted by atomic mass is 10.1. The number of hydrogen-bond donors (Lipinski definition) is 0. The molecule has 2 aromatic rings. The Morgan fingerprint density at radius 1 is 0.963 bits per heavy atom. The summed E-state index contributed by atoms with van der Waals surface area (Å²) in [5, 5.41) is 2.59. The van der Waals surface area contributed by atoms with Crippen LogP contribution < -0.4 is 4.74 Å². The van der Waals surface area contributed by atoms with Gasteiger partial charge < -0.3 is 9.47 Å². The van der Waals surface area contributed by atoms with E-state index in [0.717, 1.165) is 5.75 Å². The Kier molecular flexibility index (Phi) is 7.84. The maximum Gasteiger partial charge on any atom is 0.292 e. The van der Waals surface area contributed by atoms with Crippen LogP contribution in [-0.4, -0.2) is 37.1 Å². The van der Waals surface area contributed by atoms with Crippen LogP contribution in [0.3, 0.4) is 0 Å². The molecule has 0 aromatic heterocycles. The van der Waals surface area contributed by atoms with Gasteiger partial charge in [0.2, 0.25) is 0 Å². The second kappa shape index (κ2) is 10.6. The predicted molar refractivity (Wildman–Crippen MR) is 111 cm³/mol. The summed E-state index contributed by atoms with van der Waals surface area (Å²) in [6, 6.07) is 13.3. The van der Waals surface area contributed by atoms with Crippen molar-refractivity contribution in [2.45, 2.75) is 55.9 Å². The van der Waals surface area contributed by atoms with Crippen LogP contribution in [-0.2, 0) is 9.53 Å². The Morgan fingerprint density at radius 2 is 1.63 bits per heavy atom. The fourth-order valence-electron chi connectivity index (χ4n) is 3.64. The number of rotatable bonds is 5. The molecule has 0 spiro atoms. The second-order valence-corrected chi connectivity index (χ2v) is 8.28. The van der Waals surface area contributed by atoms with Crippen LogP contribution in [0.4, 0.5) is 0 Å². The zero-order valence-corrected chi connectivity index (χ0v) is 16.9. The van der Waals surface area contributed by atoms with Gasteiger partial charge in [-0.2, -0.15) is 0 Å². The smallest absolute Gasteiger partial charge is 0.292 e. The molecule has 2 aliphatic rings. The molecule has 0 amide bonds. The van der Waals surface area contributed by atoms with Gasteiger partial charge in [0.05, 0.1) is 13.2 Å². The maximum atomic E-state index is 8.95. The number of nitrogens with zero attached hydrogens (tertiary/aromatic N) is 1. The van der Waals surface area contributed by atoms with E-state index in [-0.39, 0.29) is 0 Å². The van der Waals surface area contributed by atoms with Crippen molar-refractivity contribution >= 4 is 29.2 Å². The van der Waals surface area contributed by atoms with E-state index < -0.39 is 0 Å². The van der Waals surface area contributed by atoms with Crippen molar-refractivity contribution < 1.29 is 14.3 Å². The lowest BCUT2D eigenvalue weighted by Gasteiger charge is -2.25. The molecular weight excluding hydrogens is 358 g/mol. The SMILES string of the molecule is COC=O.c1cc2cc(SN3CCCCC3)ccc2cc1OC1CCCC1. The molecule has 0 atom stereocenters. The van der Waals surface area contributed by atoms with Gasteiger partial charge in [-0.15, -0.1) is 0 Å². The van der Waals surface area contributed by atoms with Gasteiger partial charge in [-0.25, -0.2) is 4.31 Å². The van der Waals surface area contributed by atoms with Crippen molar-refractivity contribution in [2.24, 2.45) is 0 Å². The highest BCUT2D eigenvalue weighted by Crippen LogP contribution is 2.31. The Labute approximate surface area is 166 Å². The van der Waals surface area contributed by atoms with E-state index in [4.69, 9.17) is 9.53 Å². The Bertz CT molecular complexity index is 725. The van der Waals surface area contributed by atoms with Gasteiger partial charge in [0, 0.05) is 18.0 Å². The standard InChI is InChI=1S/C20H25NOS.C2H4O2/c1-4-12-21(13-5-1)23-20-11-9-16-14-19(10-8-17(16)15-20)22-18-6-2-3-7-18;1-4-2-3/h8-11,14-15,18H,1-7,12-13H2;2H,1H3. The van der Waals surface area contributed by atoms with Crippen LogP contribution in [0.25, 0.3) is 10.8 Å². The van der Waals surface area contributed by atoms with E-state index in [0.29, 0.717) is 12.6 Å². The molecule has 1 saturated carbocycles. The van der Waals surface area contributed by atoms with Crippen LogP contribution in [0.15, 0.2) is 41.3 Å². The van der Waals surface area contributed by atoms with Crippen molar-refractivity contribution in [1.82, 2.24) is 4.31 Å². The molecule has 4 nitrogen and oxygen atoms in total. The van der Waals surface area contributed by atoms with Gasteiger partial charge in [-0.05, 0) is 85.5 Å². The van der Waals surface area contributed by atoms with Crippen LogP contribution in [0, 0.1) is 0 Å². The number of ether oxygens (including phenoxy) is 2. The monoisotopic (exact) mass is 387 g/mol. The first kappa shape index (κ1) is 20.0. The summed E-state index contributed by atoms with van der Waals surface area (Å²) in [4.78, 5) is 10.3. The zero-order valence-electron chi connectivity index (χ0n) is 16.1. The van der Waals surface area contributed by atoms with E-state index in [2.05, 4.69) is 45.4 Å². The Balaban J connectivity index is 0.000000481. The van der Waals surface area contributed by atoms with Crippen LogP contribution in [0.1, 0.15) is 44.9 Å². The van der Waals surface area contributed by atoms with Crippen molar-refractivity contribution in [1.29, 1.82) is 0 Å². The van der Waals surface area contributed by atoms with Crippen LogP contribution in [0.2, 0.25) is 0 Å². The summed E-state index contributed by atoms with van der Waals surface area (Å²) in [6.45, 7) is 2.81. The number of benzene rings is 2. The first-order valence-corrected chi connectivity index (χ1v) is 10.7. The Hall–Kier alpha value is -1.72. The lowest BCUT2D eigenvalue weighted by Crippen LogP contribution is -2.22. The third kappa shape index (κ3) is 6.15. The van der Waals surface area contributed by atoms with Crippen molar-refractivity contribution in [3.05, 3.63) is 36.4 Å². The van der Waals surface area contributed by atoms with Gasteiger partial charge in [-0.1, -0.05) is 18.6 Å². The maximum absolute atomic E-state index is 8.95. The summed E-state index contributed by atoms with van der Waals surface area (Å²) in [5.41, 5.74) is 0. The summed E-state index contributed by atoms with van der Waals surface area (Å²) in [6.07, 6.45) is 9.54. The molecule has 0 unspecified atom stereocenters. The third-order valence-corrected chi connectivity index (χ3v) is 6.12. The summed E-state index contributed by atoms with van der Waals surface area (Å²) in [7, 11) is 1.31. The minimum Gasteiger partial charge on any atom is -0.490 e. The molecule has 1 aliphatic carbocycles. The summed E-state index contributed by atoms with van der Waals surface area (Å²) >= 11 is 1.91. The topological polar surface area (TPSA) is 38.8 Å². The average molecular weight is 388 g/mol. The average Bonchev–Trinajstić information content (AvgIpc) is 3.22. The normalized spacial score (nSPS) is 18.0. The minimum absolute atomic E-state index is 0.375. The predicted octanol–water partition coefficient (Wildman–Crippen LogP) is 5.44. The van der Waals surface area contributed by atoms with Crippen LogP contribution >= 0.6 is 11.9 Å². The van der Waals surface area contributed by atoms with E-state index >= 15 is 0 Å². The number of carbonyl (C=O) groups is 1. The third-order valence-electron chi connectivity index (χ3n) is 5.03. The summed E-state index contributed by atoms with van der Waals surface area (Å²) in [5.74, 6) is 1.03. The molecule has 1 heterocycles. The van der Waals surface area contributed by atoms with Gasteiger partial charge in [0.1, 0.15) is 5.75 Å². The molecule has 146 valence electrons. The fourth-order valence-corrected chi connectivity index (χ4v) is 4.68. The van der Waals surface area contributed by atoms with E-state index in [1.807, 2.05) is 11.9 Å². The van der Waals surface area contributed by atoms with Crippen LogP contribution in [0.5, 0.6) is 5.75 Å². The highest BCUT2D eigenvalue weighted by atomic mass is 32.2. The van der Waals surface area contributed by atoms with Gasteiger partial charge in [0.25, 0.3) is 6.47 Å². The van der Waals surface area contributed by atoms with Gasteiger partial charge >= 0.3 is 0 Å². The molecule has 0 N–H and O–H groups in total. The first-order chi connectivity index (χ1) is 13.3. The van der Waals surface area contributed by atoms with Crippen molar-refractivity contribution in [2.75, 3.05) is 20.2 Å². The molecule has 4 rings (SSSR count). The number of carbonyl (C=O) groups excluding carboxylic acids is 1. The molecule has 1 aliphatic heterocycles. The summed E-state index contributed by atoms with van der Waals surface area (Å²) < 4.78 is 12.5. The largest absolute Gasteiger partial charge is 0.490 e. The molecule has 0 bridgehead atoms. The highest BCUT2D eigenvalue weighted by Gasteiger charge is 2.16. The zero-order chi connectivity index (χ0) is 18.9. The number of hydrogen-bond acceptors (Lipinski definition) is 5. The van der Waals surface area contributed by atoms with Crippen molar-refractivity contribution in [3.8, 4) is 5.75 Å². The molecule has 0 radical (unpaired) electrons. The van der Waals surface area contributed by atoms with E-state index in [1.165, 1.54) is 80.8 Å². The molecule has 5 heteroatoms. The second-order valence-electron chi connectivity index (χ2n) is 7.11. The quantitative estimate of drug-likeness (QED) is 0.504. The minimum atomic E-state index is 0.375. The fraction of sp³-hybridized carbons (Fsp3) is 0.500. The molecule has 27 heavy (non-hydrogen) atoms. The van der Waals surface area contributed by atoms with Gasteiger partial charge in [-0.3, -0.25) is 4.79 Å². The number of methoxy groups -OCH3 is 1. The highest BCUT2D eigenvalue weighted by molar-refractivity contribution is 7.97. The molecular formula is C22H29NO3S. The lowest BCUT2D eigenvalue weighted by molar-refractivity contribution is -0.126. The number of piperidine rings is 1. The molecule has 1 saturated heterocycles. The van der Waals surface area contributed by atoms with E-state index in [1.54, 1.807) is 0 Å². The Morgan fingerprint density at radius 3 is 2.33 bits per heavy atom. The number of fused-ring (bicyclic) bond motifs is 1. The van der Waals surface area contributed by atoms with Crippen molar-refractivity contribution in [3.63, 3.8) is 0 Å².